The molecular weight excluding hydrogens is 410 g/mol. The first-order chi connectivity index (χ1) is 14.3. The Kier molecular flexibility index (Phi) is 6.67. The van der Waals surface area contributed by atoms with Gasteiger partial charge in [-0.1, -0.05) is 17.3 Å². The minimum atomic E-state index is -3.69. The molecule has 0 spiro atoms. The van der Waals surface area contributed by atoms with Gasteiger partial charge in [-0.05, 0) is 32.8 Å². The number of carbonyl (C=O) groups is 1. The van der Waals surface area contributed by atoms with E-state index in [1.54, 1.807) is 34.1 Å². The number of amides is 1. The van der Waals surface area contributed by atoms with Crippen molar-refractivity contribution in [1.82, 2.24) is 14.8 Å². The Balaban J connectivity index is 1.60. The fourth-order valence-corrected chi connectivity index (χ4v) is 5.51. The quantitative estimate of drug-likeness (QED) is 0.705. The average Bonchev–Trinajstić information content (AvgIpc) is 3.10. The molecule has 1 aromatic carbocycles. The van der Waals surface area contributed by atoms with Gasteiger partial charge in [-0.2, -0.15) is 4.31 Å². The number of aromatic nitrogens is 1. The number of nitrogens with one attached hydrogen (secondary N) is 1. The average molecular weight is 438 g/mol. The second-order valence-corrected chi connectivity index (χ2v) is 9.08. The van der Waals surface area contributed by atoms with E-state index in [0.29, 0.717) is 36.6 Å². The van der Waals surface area contributed by atoms with Crippen molar-refractivity contribution in [2.75, 3.05) is 27.3 Å². The summed E-state index contributed by atoms with van der Waals surface area (Å²) in [5.41, 5.74) is 1.16. The molecule has 0 unspecified atom stereocenters. The Labute approximate surface area is 176 Å². The van der Waals surface area contributed by atoms with Gasteiger partial charge in [0.15, 0.2) is 17.3 Å². The lowest BCUT2D eigenvalue weighted by Gasteiger charge is -2.30. The van der Waals surface area contributed by atoms with E-state index in [1.165, 1.54) is 4.31 Å². The van der Waals surface area contributed by atoms with E-state index < -0.39 is 10.0 Å². The molecular formula is C20H27N3O6S. The lowest BCUT2D eigenvalue weighted by molar-refractivity contribution is -0.126. The van der Waals surface area contributed by atoms with Crippen molar-refractivity contribution in [1.29, 1.82) is 0 Å². The van der Waals surface area contributed by atoms with Crippen LogP contribution in [0.4, 0.5) is 0 Å². The van der Waals surface area contributed by atoms with Crippen molar-refractivity contribution < 1.29 is 27.2 Å². The highest BCUT2D eigenvalue weighted by Gasteiger charge is 2.35. The van der Waals surface area contributed by atoms with Crippen LogP contribution in [0.15, 0.2) is 27.6 Å². The summed E-state index contributed by atoms with van der Waals surface area (Å²) in [7, 11) is -0.572. The van der Waals surface area contributed by atoms with Crippen LogP contribution in [-0.4, -0.2) is 51.1 Å². The molecule has 1 N–H and O–H groups in total. The molecule has 3 rings (SSSR count). The number of hydrogen-bond acceptors (Lipinski definition) is 7. The standard InChI is InChI=1S/C20H27N3O6S/c1-13-19(14(2)29-22-13)30(25,26)23-10-8-15(9-11-23)20(24)21-12-16-6-5-7-17(27-3)18(16)28-4/h5-7,15H,8-12H2,1-4H3,(H,21,24). The summed E-state index contributed by atoms with van der Waals surface area (Å²) in [4.78, 5) is 12.8. The largest absolute Gasteiger partial charge is 0.493 e. The zero-order valence-corrected chi connectivity index (χ0v) is 18.4. The van der Waals surface area contributed by atoms with Gasteiger partial charge in [-0.25, -0.2) is 8.42 Å². The lowest BCUT2D eigenvalue weighted by Crippen LogP contribution is -2.43. The van der Waals surface area contributed by atoms with Crippen molar-refractivity contribution in [2.45, 2.75) is 38.1 Å². The fourth-order valence-electron chi connectivity index (χ4n) is 3.75. The van der Waals surface area contributed by atoms with E-state index in [1.807, 2.05) is 12.1 Å². The molecule has 0 atom stereocenters. The number of ether oxygens (including phenoxy) is 2. The van der Waals surface area contributed by atoms with Crippen LogP contribution in [-0.2, 0) is 21.4 Å². The molecule has 0 aliphatic carbocycles. The Morgan fingerprint density at radius 2 is 1.93 bits per heavy atom. The van der Waals surface area contributed by atoms with Gasteiger partial charge in [0.05, 0.1) is 14.2 Å². The molecule has 10 heteroatoms. The Bertz CT molecular complexity index is 990. The number of piperidine rings is 1. The van der Waals surface area contributed by atoms with Crippen LogP contribution in [0.2, 0.25) is 0 Å². The van der Waals surface area contributed by atoms with Crippen LogP contribution in [0.3, 0.4) is 0 Å². The van der Waals surface area contributed by atoms with Crippen LogP contribution < -0.4 is 14.8 Å². The maximum absolute atomic E-state index is 12.9. The Morgan fingerprint density at radius 1 is 1.23 bits per heavy atom. The molecule has 1 aliphatic rings. The molecule has 1 aromatic heterocycles. The molecule has 2 aromatic rings. The number of aryl methyl sites for hydroxylation is 2. The van der Waals surface area contributed by atoms with Gasteiger partial charge in [0.25, 0.3) is 0 Å². The first-order valence-electron chi connectivity index (χ1n) is 9.70. The number of sulfonamides is 1. The zero-order chi connectivity index (χ0) is 21.9. The van der Waals surface area contributed by atoms with Gasteiger partial charge in [-0.3, -0.25) is 4.79 Å². The Hall–Kier alpha value is -2.59. The van der Waals surface area contributed by atoms with Crippen LogP contribution in [0.5, 0.6) is 11.5 Å². The molecule has 0 bridgehead atoms. The number of benzene rings is 1. The van der Waals surface area contributed by atoms with E-state index in [9.17, 15) is 13.2 Å². The van der Waals surface area contributed by atoms with Gasteiger partial charge in [0.2, 0.25) is 15.9 Å². The van der Waals surface area contributed by atoms with Crippen molar-refractivity contribution in [3.05, 3.63) is 35.2 Å². The van der Waals surface area contributed by atoms with E-state index in [4.69, 9.17) is 14.0 Å². The SMILES string of the molecule is COc1cccc(CNC(=O)C2CCN(S(=O)(=O)c3c(C)noc3C)CC2)c1OC. The van der Waals surface area contributed by atoms with E-state index in [0.717, 1.165) is 5.56 Å². The molecule has 0 radical (unpaired) electrons. The second-order valence-electron chi connectivity index (χ2n) is 7.20. The van der Waals surface area contributed by atoms with E-state index in [-0.39, 0.29) is 35.6 Å². The first kappa shape index (κ1) is 22.1. The minimum Gasteiger partial charge on any atom is -0.493 e. The molecule has 164 valence electrons. The molecule has 1 amide bonds. The smallest absolute Gasteiger partial charge is 0.248 e. The number of hydrogen-bond donors (Lipinski definition) is 1. The number of rotatable bonds is 7. The molecule has 1 saturated heterocycles. The zero-order valence-electron chi connectivity index (χ0n) is 17.6. The summed E-state index contributed by atoms with van der Waals surface area (Å²) in [5.74, 6) is 1.11. The first-order valence-corrected chi connectivity index (χ1v) is 11.1. The predicted octanol–water partition coefficient (Wildman–Crippen LogP) is 2.03. The highest BCUT2D eigenvalue weighted by Crippen LogP contribution is 2.31. The van der Waals surface area contributed by atoms with Gasteiger partial charge in [0, 0.05) is 31.1 Å². The summed E-state index contributed by atoms with van der Waals surface area (Å²) in [6.07, 6.45) is 0.896. The molecule has 1 fully saturated rings. The van der Waals surface area contributed by atoms with Gasteiger partial charge in [0.1, 0.15) is 10.6 Å². The monoisotopic (exact) mass is 437 g/mol. The summed E-state index contributed by atoms with van der Waals surface area (Å²) >= 11 is 0. The van der Waals surface area contributed by atoms with Gasteiger partial charge in [-0.15, -0.1) is 0 Å². The minimum absolute atomic E-state index is 0.103. The van der Waals surface area contributed by atoms with Crippen LogP contribution in [0, 0.1) is 19.8 Å². The number of carbonyl (C=O) groups excluding carboxylic acids is 1. The third kappa shape index (κ3) is 4.29. The second kappa shape index (κ2) is 9.05. The van der Waals surface area contributed by atoms with Gasteiger partial charge < -0.3 is 19.3 Å². The topological polar surface area (TPSA) is 111 Å². The van der Waals surface area contributed by atoms with Crippen molar-refractivity contribution in [3.63, 3.8) is 0 Å². The highest BCUT2D eigenvalue weighted by molar-refractivity contribution is 7.89. The van der Waals surface area contributed by atoms with Crippen LogP contribution >= 0.6 is 0 Å². The normalized spacial score (nSPS) is 15.7. The molecule has 9 nitrogen and oxygen atoms in total. The highest BCUT2D eigenvalue weighted by atomic mass is 32.2. The van der Waals surface area contributed by atoms with Crippen LogP contribution in [0.25, 0.3) is 0 Å². The third-order valence-corrected chi connectivity index (χ3v) is 7.47. The van der Waals surface area contributed by atoms with Crippen molar-refractivity contribution in [2.24, 2.45) is 5.92 Å². The van der Waals surface area contributed by atoms with Gasteiger partial charge >= 0.3 is 0 Å². The summed E-state index contributed by atoms with van der Waals surface area (Å²) < 4.78 is 42.9. The summed E-state index contributed by atoms with van der Waals surface area (Å²) in [5, 5.41) is 6.66. The molecule has 0 saturated carbocycles. The van der Waals surface area contributed by atoms with E-state index >= 15 is 0 Å². The van der Waals surface area contributed by atoms with E-state index in [2.05, 4.69) is 10.5 Å². The lowest BCUT2D eigenvalue weighted by atomic mass is 9.97. The predicted molar refractivity (Wildman–Crippen MR) is 109 cm³/mol. The van der Waals surface area contributed by atoms with Crippen molar-refractivity contribution >= 4 is 15.9 Å². The number of nitrogens with zero attached hydrogens (tertiary/aromatic N) is 2. The Morgan fingerprint density at radius 3 is 2.50 bits per heavy atom. The molecule has 2 heterocycles. The number of para-hydroxylation sites is 1. The maximum Gasteiger partial charge on any atom is 0.248 e. The maximum atomic E-state index is 12.9. The van der Waals surface area contributed by atoms with Crippen molar-refractivity contribution in [3.8, 4) is 11.5 Å². The van der Waals surface area contributed by atoms with Crippen LogP contribution in [0.1, 0.15) is 29.9 Å². The molecule has 1 aliphatic heterocycles. The summed E-state index contributed by atoms with van der Waals surface area (Å²) in [6, 6.07) is 5.49. The fraction of sp³-hybridized carbons (Fsp3) is 0.500. The third-order valence-electron chi connectivity index (χ3n) is 5.33. The number of methoxy groups -OCH3 is 2. The molecule has 30 heavy (non-hydrogen) atoms. The summed E-state index contributed by atoms with van der Waals surface area (Å²) in [6.45, 7) is 4.03.